The zero-order chi connectivity index (χ0) is 15.8. The van der Waals surface area contributed by atoms with Crippen LogP contribution >= 0.6 is 0 Å². The Morgan fingerprint density at radius 3 is 2.61 bits per heavy atom. The van der Waals surface area contributed by atoms with Gasteiger partial charge in [0.05, 0.1) is 17.4 Å². The molecule has 1 amide bonds. The average molecular weight is 305 g/mol. The molecule has 4 rings (SSSR count). The fourth-order valence-electron chi connectivity index (χ4n) is 3.06. The molecule has 1 aromatic heterocycles. The van der Waals surface area contributed by atoms with E-state index in [1.165, 1.54) is 0 Å². The summed E-state index contributed by atoms with van der Waals surface area (Å²) in [6.07, 6.45) is 0.472. The number of para-hydroxylation sites is 1. The van der Waals surface area contributed by atoms with Crippen LogP contribution in [0.4, 0.5) is 0 Å². The van der Waals surface area contributed by atoms with Crippen LogP contribution in [0.2, 0.25) is 0 Å². The topological polar surface area (TPSA) is 64.0 Å². The molecule has 0 aliphatic carbocycles. The number of amides is 1. The highest BCUT2D eigenvalue weighted by atomic mass is 16.2. The van der Waals surface area contributed by atoms with Gasteiger partial charge in [-0.25, -0.2) is 4.98 Å². The second-order valence-corrected chi connectivity index (χ2v) is 5.64. The maximum Gasteiger partial charge on any atom is 0.262 e. The van der Waals surface area contributed by atoms with Gasteiger partial charge in [0.15, 0.2) is 0 Å². The van der Waals surface area contributed by atoms with Gasteiger partial charge >= 0.3 is 0 Å². The summed E-state index contributed by atoms with van der Waals surface area (Å²) in [6.45, 7) is 0.282. The Balaban J connectivity index is 1.88. The quantitative estimate of drug-likeness (QED) is 0.785. The number of rotatable bonds is 2. The van der Waals surface area contributed by atoms with Gasteiger partial charge in [0.25, 0.3) is 5.56 Å². The number of nitrogens with one attached hydrogen (secondary N) is 1. The minimum atomic E-state index is -0.564. The first-order valence-corrected chi connectivity index (χ1v) is 7.56. The van der Waals surface area contributed by atoms with Crippen LogP contribution < -0.4 is 10.9 Å². The van der Waals surface area contributed by atoms with Crippen molar-refractivity contribution in [3.05, 3.63) is 76.3 Å². The van der Waals surface area contributed by atoms with Gasteiger partial charge < -0.3 is 5.32 Å². The highest BCUT2D eigenvalue weighted by Gasteiger charge is 2.29. The van der Waals surface area contributed by atoms with Crippen molar-refractivity contribution in [3.63, 3.8) is 0 Å². The number of hydrogen-bond acceptors (Lipinski definition) is 3. The monoisotopic (exact) mass is 305 g/mol. The van der Waals surface area contributed by atoms with Crippen LogP contribution in [0.5, 0.6) is 0 Å². The Morgan fingerprint density at radius 1 is 1.04 bits per heavy atom. The van der Waals surface area contributed by atoms with E-state index in [2.05, 4.69) is 10.3 Å². The molecule has 0 saturated carbocycles. The van der Waals surface area contributed by atoms with E-state index in [1.54, 1.807) is 10.6 Å². The average Bonchev–Trinajstić information content (AvgIpc) is 2.59. The summed E-state index contributed by atoms with van der Waals surface area (Å²) >= 11 is 0. The van der Waals surface area contributed by atoms with Crippen LogP contribution in [0.3, 0.4) is 0 Å². The maximum absolute atomic E-state index is 12.9. The Hall–Kier alpha value is -2.95. The fourth-order valence-corrected chi connectivity index (χ4v) is 3.06. The number of aromatic nitrogens is 2. The summed E-state index contributed by atoms with van der Waals surface area (Å²) in [4.78, 5) is 29.8. The van der Waals surface area contributed by atoms with Crippen LogP contribution in [0.15, 0.2) is 59.4 Å². The summed E-state index contributed by atoms with van der Waals surface area (Å²) < 4.78 is 1.55. The summed E-state index contributed by atoms with van der Waals surface area (Å²) in [6, 6.07) is 16.4. The number of carbonyl (C=O) groups excluding carboxylic acids is 1. The molecule has 114 valence electrons. The smallest absolute Gasteiger partial charge is 0.262 e. The third-order valence-electron chi connectivity index (χ3n) is 4.19. The largest absolute Gasteiger partial charge is 0.347 e. The lowest BCUT2D eigenvalue weighted by Gasteiger charge is -2.27. The molecule has 2 heterocycles. The van der Waals surface area contributed by atoms with Crippen molar-refractivity contribution in [1.82, 2.24) is 14.9 Å². The van der Waals surface area contributed by atoms with Gasteiger partial charge in [0, 0.05) is 6.42 Å². The molecule has 1 unspecified atom stereocenters. The van der Waals surface area contributed by atoms with Gasteiger partial charge in [0.2, 0.25) is 5.91 Å². The Kier molecular flexibility index (Phi) is 3.19. The van der Waals surface area contributed by atoms with Crippen LogP contribution in [0.25, 0.3) is 10.9 Å². The molecule has 5 nitrogen and oxygen atoms in total. The number of fused-ring (bicyclic) bond motifs is 2. The van der Waals surface area contributed by atoms with Crippen molar-refractivity contribution in [1.29, 1.82) is 0 Å². The van der Waals surface area contributed by atoms with Gasteiger partial charge in [-0.05, 0) is 17.7 Å². The van der Waals surface area contributed by atoms with Crippen molar-refractivity contribution in [3.8, 4) is 0 Å². The predicted octanol–water partition coefficient (Wildman–Crippen LogP) is 1.81. The first-order chi connectivity index (χ1) is 11.2. The molecular weight excluding hydrogens is 290 g/mol. The SMILES string of the molecule is O=C1NCc2nc3ccccc3c(=O)n2C1Cc1ccccc1. The second-order valence-electron chi connectivity index (χ2n) is 5.64. The molecule has 1 N–H and O–H groups in total. The van der Waals surface area contributed by atoms with Crippen LogP contribution in [0, 0.1) is 0 Å². The first-order valence-electron chi connectivity index (χ1n) is 7.56. The lowest BCUT2D eigenvalue weighted by molar-refractivity contribution is -0.125. The van der Waals surface area contributed by atoms with Crippen molar-refractivity contribution >= 4 is 16.8 Å². The maximum atomic E-state index is 12.9. The molecule has 3 aromatic rings. The molecule has 1 aliphatic heterocycles. The minimum Gasteiger partial charge on any atom is -0.347 e. The molecule has 0 radical (unpaired) electrons. The van der Waals surface area contributed by atoms with E-state index >= 15 is 0 Å². The Labute approximate surface area is 132 Å². The van der Waals surface area contributed by atoms with Gasteiger partial charge in [-0.1, -0.05) is 42.5 Å². The number of hydrogen-bond donors (Lipinski definition) is 1. The van der Waals surface area contributed by atoms with E-state index in [9.17, 15) is 9.59 Å². The normalized spacial score (nSPS) is 16.9. The number of benzene rings is 2. The molecule has 0 spiro atoms. The van der Waals surface area contributed by atoms with Gasteiger partial charge in [0.1, 0.15) is 11.9 Å². The lowest BCUT2D eigenvalue weighted by atomic mass is 10.0. The van der Waals surface area contributed by atoms with Crippen molar-refractivity contribution in [2.75, 3.05) is 0 Å². The molecule has 23 heavy (non-hydrogen) atoms. The highest BCUT2D eigenvalue weighted by molar-refractivity contribution is 5.83. The summed E-state index contributed by atoms with van der Waals surface area (Å²) in [5.74, 6) is 0.467. The molecule has 1 atom stereocenters. The molecule has 0 bridgehead atoms. The van der Waals surface area contributed by atoms with Crippen LogP contribution in [0.1, 0.15) is 17.4 Å². The van der Waals surface area contributed by atoms with Crippen molar-refractivity contribution < 1.29 is 4.79 Å². The zero-order valence-corrected chi connectivity index (χ0v) is 12.4. The van der Waals surface area contributed by atoms with E-state index in [4.69, 9.17) is 0 Å². The third kappa shape index (κ3) is 2.30. The molecule has 5 heteroatoms. The molecular formula is C18H15N3O2. The van der Waals surface area contributed by atoms with Gasteiger partial charge in [-0.3, -0.25) is 14.2 Å². The van der Waals surface area contributed by atoms with Crippen LogP contribution in [-0.4, -0.2) is 15.5 Å². The molecule has 1 aliphatic rings. The number of nitrogens with zero attached hydrogens (tertiary/aromatic N) is 2. The summed E-state index contributed by atoms with van der Waals surface area (Å²) in [5.41, 5.74) is 1.53. The van der Waals surface area contributed by atoms with Gasteiger partial charge in [-0.2, -0.15) is 0 Å². The minimum absolute atomic E-state index is 0.138. The van der Waals surface area contributed by atoms with Gasteiger partial charge in [-0.15, -0.1) is 0 Å². The standard InChI is InChI=1S/C18H15N3O2/c22-17-15(10-12-6-2-1-3-7-12)21-16(11-19-17)20-14-9-5-4-8-13(14)18(21)23/h1-9,15H,10-11H2,(H,19,22). The fraction of sp³-hybridized carbons (Fsp3) is 0.167. The first kappa shape index (κ1) is 13.7. The van der Waals surface area contributed by atoms with Crippen molar-refractivity contribution in [2.24, 2.45) is 0 Å². The van der Waals surface area contributed by atoms with E-state index in [1.807, 2.05) is 48.5 Å². The zero-order valence-electron chi connectivity index (χ0n) is 12.4. The summed E-state index contributed by atoms with van der Waals surface area (Å²) in [5, 5.41) is 3.38. The third-order valence-corrected chi connectivity index (χ3v) is 4.19. The van der Waals surface area contributed by atoms with E-state index in [-0.39, 0.29) is 18.0 Å². The summed E-state index contributed by atoms with van der Waals surface area (Å²) in [7, 11) is 0. The van der Waals surface area contributed by atoms with Crippen LogP contribution in [-0.2, 0) is 17.8 Å². The van der Waals surface area contributed by atoms with E-state index < -0.39 is 6.04 Å². The van der Waals surface area contributed by atoms with Crippen molar-refractivity contribution in [2.45, 2.75) is 19.0 Å². The van der Waals surface area contributed by atoms with E-state index in [0.29, 0.717) is 23.1 Å². The molecule has 0 saturated heterocycles. The second kappa shape index (κ2) is 5.35. The molecule has 0 fully saturated rings. The Bertz CT molecular complexity index is 947. The predicted molar refractivity (Wildman–Crippen MR) is 87.0 cm³/mol. The number of carbonyl (C=O) groups is 1. The molecule has 2 aromatic carbocycles. The van der Waals surface area contributed by atoms with E-state index in [0.717, 1.165) is 5.56 Å². The Morgan fingerprint density at radius 2 is 1.78 bits per heavy atom. The highest BCUT2D eigenvalue weighted by Crippen LogP contribution is 2.20. The lowest BCUT2D eigenvalue weighted by Crippen LogP contribution is -2.45.